The van der Waals surface area contributed by atoms with Gasteiger partial charge >= 0.3 is 6.61 Å². The molecule has 0 spiro atoms. The highest BCUT2D eigenvalue weighted by Gasteiger charge is 2.13. The lowest BCUT2D eigenvalue weighted by Gasteiger charge is -2.13. The van der Waals surface area contributed by atoms with Crippen LogP contribution in [0.5, 0.6) is 11.5 Å². The number of rotatable bonds is 9. The van der Waals surface area contributed by atoms with E-state index in [0.717, 1.165) is 0 Å². The third-order valence-electron chi connectivity index (χ3n) is 3.87. The number of ether oxygens (including phenoxy) is 2. The summed E-state index contributed by atoms with van der Waals surface area (Å²) in [6.45, 7) is -0.358. The Bertz CT molecular complexity index is 862. The number of alkyl halides is 2. The molecule has 0 saturated heterocycles. The minimum Gasteiger partial charge on any atom is -0.497 e. The largest absolute Gasteiger partial charge is 0.497 e. The number of nitro benzene ring substituents is 1. The summed E-state index contributed by atoms with van der Waals surface area (Å²) in [6.07, 6.45) is 0. The van der Waals surface area contributed by atoms with Gasteiger partial charge in [-0.05, 0) is 25.1 Å². The molecule has 0 aliphatic rings. The van der Waals surface area contributed by atoms with Crippen molar-refractivity contribution in [3.05, 3.63) is 63.7 Å². The second kappa shape index (κ2) is 10.8. The average Bonchev–Trinajstić information content (AvgIpc) is 2.70. The van der Waals surface area contributed by atoms with Crippen molar-refractivity contribution in [3.8, 4) is 11.5 Å². The molecule has 0 bridgehead atoms. The molecule has 0 heterocycles. The van der Waals surface area contributed by atoms with Crippen molar-refractivity contribution < 1.29 is 23.2 Å². The van der Waals surface area contributed by atoms with E-state index < -0.39 is 11.5 Å². The SMILES string of the molecule is CCNC(=NCc1cc(OC)ccc1OC(F)F)NCc1ccccc1[N+](=O)[O-]. The van der Waals surface area contributed by atoms with E-state index in [4.69, 9.17) is 4.74 Å². The first-order valence-corrected chi connectivity index (χ1v) is 8.80. The number of nitrogens with one attached hydrogen (secondary N) is 2. The van der Waals surface area contributed by atoms with Gasteiger partial charge in [0, 0.05) is 30.3 Å². The zero-order valence-electron chi connectivity index (χ0n) is 16.0. The second-order valence-corrected chi connectivity index (χ2v) is 5.79. The fraction of sp³-hybridized carbons (Fsp3) is 0.316. The van der Waals surface area contributed by atoms with E-state index >= 15 is 0 Å². The second-order valence-electron chi connectivity index (χ2n) is 5.79. The van der Waals surface area contributed by atoms with Crippen LogP contribution in [-0.4, -0.2) is 31.1 Å². The van der Waals surface area contributed by atoms with Crippen molar-refractivity contribution in [1.82, 2.24) is 10.6 Å². The standard InChI is InChI=1S/C19H22F2N4O4/c1-3-22-19(23-11-13-6-4-5-7-16(13)25(26)27)24-12-14-10-15(28-2)8-9-17(14)29-18(20)21/h4-10,18H,3,11-12H2,1-2H3,(H2,22,23,24). The maximum absolute atomic E-state index is 12.6. The Morgan fingerprint density at radius 1 is 1.21 bits per heavy atom. The van der Waals surface area contributed by atoms with Crippen LogP contribution in [0.1, 0.15) is 18.1 Å². The Labute approximate surface area is 166 Å². The molecule has 0 amide bonds. The van der Waals surface area contributed by atoms with Gasteiger partial charge in [-0.25, -0.2) is 4.99 Å². The van der Waals surface area contributed by atoms with E-state index in [1.165, 1.54) is 25.3 Å². The molecule has 2 rings (SSSR count). The number of para-hydroxylation sites is 1. The number of hydrogen-bond acceptors (Lipinski definition) is 5. The van der Waals surface area contributed by atoms with Crippen molar-refractivity contribution >= 4 is 11.6 Å². The summed E-state index contributed by atoms with van der Waals surface area (Å²) >= 11 is 0. The van der Waals surface area contributed by atoms with E-state index in [1.54, 1.807) is 24.3 Å². The molecule has 0 aliphatic heterocycles. The Hall–Kier alpha value is -3.43. The monoisotopic (exact) mass is 408 g/mol. The van der Waals surface area contributed by atoms with Crippen molar-refractivity contribution in [3.63, 3.8) is 0 Å². The first-order valence-electron chi connectivity index (χ1n) is 8.80. The molecule has 156 valence electrons. The molecule has 2 aromatic rings. The maximum Gasteiger partial charge on any atom is 0.387 e. The van der Waals surface area contributed by atoms with Gasteiger partial charge in [-0.1, -0.05) is 18.2 Å². The lowest BCUT2D eigenvalue weighted by Crippen LogP contribution is -2.36. The number of guanidine groups is 1. The number of hydrogen-bond donors (Lipinski definition) is 2. The summed E-state index contributed by atoms with van der Waals surface area (Å²) in [6, 6.07) is 10.8. The summed E-state index contributed by atoms with van der Waals surface area (Å²) in [5.41, 5.74) is 0.898. The summed E-state index contributed by atoms with van der Waals surface area (Å²) < 4.78 is 34.9. The Morgan fingerprint density at radius 2 is 1.97 bits per heavy atom. The van der Waals surface area contributed by atoms with Gasteiger partial charge in [-0.2, -0.15) is 8.78 Å². The highest BCUT2D eigenvalue weighted by atomic mass is 19.3. The van der Waals surface area contributed by atoms with Gasteiger partial charge in [0.05, 0.1) is 18.6 Å². The summed E-state index contributed by atoms with van der Waals surface area (Å²) in [7, 11) is 1.47. The van der Waals surface area contributed by atoms with Gasteiger partial charge in [-0.15, -0.1) is 0 Å². The number of methoxy groups -OCH3 is 1. The Morgan fingerprint density at radius 3 is 2.62 bits per heavy atom. The van der Waals surface area contributed by atoms with Crippen LogP contribution in [0, 0.1) is 10.1 Å². The van der Waals surface area contributed by atoms with E-state index in [-0.39, 0.29) is 24.5 Å². The lowest BCUT2D eigenvalue weighted by atomic mass is 10.2. The highest BCUT2D eigenvalue weighted by molar-refractivity contribution is 5.79. The molecule has 0 radical (unpaired) electrons. The molecular weight excluding hydrogens is 386 g/mol. The molecule has 2 N–H and O–H groups in total. The average molecular weight is 408 g/mol. The first-order chi connectivity index (χ1) is 13.9. The van der Waals surface area contributed by atoms with Crippen molar-refractivity contribution in [1.29, 1.82) is 0 Å². The number of halogens is 2. The molecule has 10 heteroatoms. The van der Waals surface area contributed by atoms with Gasteiger partial charge in [0.1, 0.15) is 11.5 Å². The van der Waals surface area contributed by atoms with Gasteiger partial charge in [-0.3, -0.25) is 10.1 Å². The molecule has 0 saturated carbocycles. The van der Waals surface area contributed by atoms with Crippen LogP contribution in [0.2, 0.25) is 0 Å². The molecule has 0 aromatic heterocycles. The predicted molar refractivity (Wildman–Crippen MR) is 104 cm³/mol. The molecule has 0 fully saturated rings. The highest BCUT2D eigenvalue weighted by Crippen LogP contribution is 2.26. The van der Waals surface area contributed by atoms with E-state index in [2.05, 4.69) is 20.4 Å². The van der Waals surface area contributed by atoms with Crippen LogP contribution in [0.3, 0.4) is 0 Å². The van der Waals surface area contributed by atoms with Crippen LogP contribution < -0.4 is 20.1 Å². The minimum absolute atomic E-state index is 0.000837. The molecule has 29 heavy (non-hydrogen) atoms. The number of benzene rings is 2. The summed E-state index contributed by atoms with van der Waals surface area (Å²) in [5, 5.41) is 17.1. The molecular formula is C19H22F2N4O4. The molecule has 0 unspecified atom stereocenters. The predicted octanol–water partition coefficient (Wildman–Crippen LogP) is 3.46. The third kappa shape index (κ3) is 6.59. The fourth-order valence-corrected chi connectivity index (χ4v) is 2.54. The smallest absolute Gasteiger partial charge is 0.387 e. The number of nitrogens with zero attached hydrogens (tertiary/aromatic N) is 2. The number of nitro groups is 1. The van der Waals surface area contributed by atoms with Crippen molar-refractivity contribution in [2.45, 2.75) is 26.6 Å². The molecule has 0 aliphatic carbocycles. The third-order valence-corrected chi connectivity index (χ3v) is 3.87. The van der Waals surface area contributed by atoms with Gasteiger partial charge in [0.25, 0.3) is 5.69 Å². The molecule has 0 atom stereocenters. The lowest BCUT2D eigenvalue weighted by molar-refractivity contribution is -0.385. The normalized spacial score (nSPS) is 11.3. The van der Waals surface area contributed by atoms with Crippen LogP contribution in [-0.2, 0) is 13.1 Å². The van der Waals surface area contributed by atoms with Crippen LogP contribution in [0.25, 0.3) is 0 Å². The molecule has 2 aromatic carbocycles. The Kier molecular flexibility index (Phi) is 8.13. The fourth-order valence-electron chi connectivity index (χ4n) is 2.54. The van der Waals surface area contributed by atoms with E-state index in [0.29, 0.717) is 29.4 Å². The van der Waals surface area contributed by atoms with Gasteiger partial charge in [0.2, 0.25) is 0 Å². The van der Waals surface area contributed by atoms with E-state index in [1.807, 2.05) is 6.92 Å². The summed E-state index contributed by atoms with van der Waals surface area (Å²) in [4.78, 5) is 15.0. The maximum atomic E-state index is 12.6. The quantitative estimate of drug-likeness (QED) is 0.285. The number of aliphatic imine (C=N–C) groups is 1. The topological polar surface area (TPSA) is 98.0 Å². The zero-order valence-corrected chi connectivity index (χ0v) is 16.0. The summed E-state index contributed by atoms with van der Waals surface area (Å²) in [5.74, 6) is 0.852. The minimum atomic E-state index is -2.96. The van der Waals surface area contributed by atoms with Gasteiger partial charge in [0.15, 0.2) is 5.96 Å². The van der Waals surface area contributed by atoms with Crippen molar-refractivity contribution in [2.24, 2.45) is 4.99 Å². The first kappa shape index (κ1) is 21.9. The van der Waals surface area contributed by atoms with Crippen LogP contribution in [0.4, 0.5) is 14.5 Å². The van der Waals surface area contributed by atoms with Crippen LogP contribution in [0.15, 0.2) is 47.5 Å². The van der Waals surface area contributed by atoms with Gasteiger partial charge < -0.3 is 20.1 Å². The zero-order chi connectivity index (χ0) is 21.2. The van der Waals surface area contributed by atoms with E-state index in [9.17, 15) is 18.9 Å². The van der Waals surface area contributed by atoms with Crippen molar-refractivity contribution in [2.75, 3.05) is 13.7 Å². The Balaban J connectivity index is 2.18. The molecule has 8 nitrogen and oxygen atoms in total. The van der Waals surface area contributed by atoms with Crippen LogP contribution >= 0.6 is 0 Å².